The molecule has 1 amide bonds. The van der Waals surface area contributed by atoms with Crippen molar-refractivity contribution in [1.82, 2.24) is 5.32 Å². The van der Waals surface area contributed by atoms with E-state index in [1.165, 1.54) is 0 Å². The molecule has 2 aromatic carbocycles. The van der Waals surface area contributed by atoms with E-state index in [9.17, 15) is 9.90 Å². The van der Waals surface area contributed by atoms with Gasteiger partial charge in [-0.2, -0.15) is 0 Å². The molecule has 0 saturated heterocycles. The fourth-order valence-electron chi connectivity index (χ4n) is 1.96. The lowest BCUT2D eigenvalue weighted by molar-refractivity contribution is 0.141. The highest BCUT2D eigenvalue weighted by Gasteiger charge is 2.00. The van der Waals surface area contributed by atoms with E-state index in [0.29, 0.717) is 0 Å². The molecular weight excluding hydrogens is 290 g/mol. The maximum absolute atomic E-state index is 11.5. The number of rotatable bonds is 4. The van der Waals surface area contributed by atoms with Crippen molar-refractivity contribution in [2.24, 2.45) is 0 Å². The fraction of sp³-hybridized carbons (Fsp3) is 0.211. The van der Waals surface area contributed by atoms with E-state index in [2.05, 4.69) is 17.2 Å². The molecular formula is C19H19NO3. The SMILES string of the molecule is Cc1ccc(C#CCNC(=O)OCc2ccccc2)cc1CO. The van der Waals surface area contributed by atoms with Gasteiger partial charge in [-0.05, 0) is 35.7 Å². The molecule has 2 N–H and O–H groups in total. The predicted molar refractivity (Wildman–Crippen MR) is 88.6 cm³/mol. The number of aryl methyl sites for hydroxylation is 1. The van der Waals surface area contributed by atoms with Crippen LogP contribution in [0.2, 0.25) is 0 Å². The number of amides is 1. The number of benzene rings is 2. The quantitative estimate of drug-likeness (QED) is 0.854. The summed E-state index contributed by atoms with van der Waals surface area (Å²) >= 11 is 0. The van der Waals surface area contributed by atoms with E-state index in [-0.39, 0.29) is 19.8 Å². The highest BCUT2D eigenvalue weighted by Crippen LogP contribution is 2.10. The largest absolute Gasteiger partial charge is 0.445 e. The van der Waals surface area contributed by atoms with E-state index < -0.39 is 6.09 Å². The molecule has 0 radical (unpaired) electrons. The third-order valence-electron chi connectivity index (χ3n) is 3.29. The van der Waals surface area contributed by atoms with Crippen LogP contribution in [0.1, 0.15) is 22.3 Å². The zero-order valence-corrected chi connectivity index (χ0v) is 13.0. The zero-order chi connectivity index (χ0) is 16.5. The summed E-state index contributed by atoms with van der Waals surface area (Å²) in [5.74, 6) is 5.80. The van der Waals surface area contributed by atoms with Gasteiger partial charge in [-0.3, -0.25) is 0 Å². The monoisotopic (exact) mass is 309 g/mol. The minimum absolute atomic E-state index is 0.00852. The van der Waals surface area contributed by atoms with Gasteiger partial charge in [-0.15, -0.1) is 0 Å². The Morgan fingerprint density at radius 3 is 2.74 bits per heavy atom. The van der Waals surface area contributed by atoms with Gasteiger partial charge in [0.2, 0.25) is 0 Å². The number of hydrogen-bond acceptors (Lipinski definition) is 3. The van der Waals surface area contributed by atoms with Crippen LogP contribution >= 0.6 is 0 Å². The second-order valence-corrected chi connectivity index (χ2v) is 5.02. The number of carbonyl (C=O) groups is 1. The first-order valence-corrected chi connectivity index (χ1v) is 7.33. The highest BCUT2D eigenvalue weighted by molar-refractivity contribution is 5.67. The van der Waals surface area contributed by atoms with Crippen molar-refractivity contribution in [3.63, 3.8) is 0 Å². The lowest BCUT2D eigenvalue weighted by Crippen LogP contribution is -2.24. The summed E-state index contributed by atoms with van der Waals surface area (Å²) in [4.78, 5) is 11.5. The number of alkyl carbamates (subject to hydrolysis) is 1. The van der Waals surface area contributed by atoms with Crippen molar-refractivity contribution in [2.45, 2.75) is 20.1 Å². The second kappa shape index (κ2) is 8.62. The van der Waals surface area contributed by atoms with Gasteiger partial charge < -0.3 is 15.2 Å². The molecule has 0 aliphatic carbocycles. The summed E-state index contributed by atoms with van der Waals surface area (Å²) in [6, 6.07) is 15.1. The van der Waals surface area contributed by atoms with Crippen LogP contribution in [0.25, 0.3) is 0 Å². The Kier molecular flexibility index (Phi) is 6.22. The molecule has 0 aliphatic rings. The molecule has 0 fully saturated rings. The minimum atomic E-state index is -0.497. The summed E-state index contributed by atoms with van der Waals surface area (Å²) in [6.45, 7) is 2.37. The topological polar surface area (TPSA) is 58.6 Å². The van der Waals surface area contributed by atoms with E-state index in [4.69, 9.17) is 4.74 Å². The Morgan fingerprint density at radius 1 is 1.22 bits per heavy atom. The van der Waals surface area contributed by atoms with Crippen LogP contribution in [-0.4, -0.2) is 17.7 Å². The van der Waals surface area contributed by atoms with Crippen molar-refractivity contribution >= 4 is 6.09 Å². The smallest absolute Gasteiger partial charge is 0.408 e. The number of hydrogen-bond donors (Lipinski definition) is 2. The zero-order valence-electron chi connectivity index (χ0n) is 13.0. The van der Waals surface area contributed by atoms with Crippen molar-refractivity contribution in [2.75, 3.05) is 6.54 Å². The van der Waals surface area contributed by atoms with Gasteiger partial charge in [-0.25, -0.2) is 4.79 Å². The van der Waals surface area contributed by atoms with Crippen LogP contribution < -0.4 is 5.32 Å². The van der Waals surface area contributed by atoms with Crippen molar-refractivity contribution in [3.8, 4) is 11.8 Å². The summed E-state index contributed by atoms with van der Waals surface area (Å²) < 4.78 is 5.08. The first-order chi connectivity index (χ1) is 11.2. The predicted octanol–water partition coefficient (Wildman–Crippen LogP) is 2.77. The molecule has 0 aliphatic heterocycles. The van der Waals surface area contributed by atoms with Crippen LogP contribution in [0.15, 0.2) is 48.5 Å². The first kappa shape index (κ1) is 16.6. The van der Waals surface area contributed by atoms with Crippen LogP contribution in [0.5, 0.6) is 0 Å². The second-order valence-electron chi connectivity index (χ2n) is 5.02. The van der Waals surface area contributed by atoms with Crippen molar-refractivity contribution in [1.29, 1.82) is 0 Å². The van der Waals surface area contributed by atoms with Gasteiger partial charge in [0.15, 0.2) is 0 Å². The van der Waals surface area contributed by atoms with Gasteiger partial charge in [0.1, 0.15) is 6.61 Å². The van der Waals surface area contributed by atoms with E-state index in [0.717, 1.165) is 22.3 Å². The van der Waals surface area contributed by atoms with Gasteiger partial charge >= 0.3 is 6.09 Å². The van der Waals surface area contributed by atoms with Crippen LogP contribution in [0, 0.1) is 18.8 Å². The molecule has 2 aromatic rings. The molecule has 0 spiro atoms. The third-order valence-corrected chi connectivity index (χ3v) is 3.29. The molecule has 0 unspecified atom stereocenters. The van der Waals surface area contributed by atoms with Crippen LogP contribution in [-0.2, 0) is 18.0 Å². The molecule has 2 rings (SSSR count). The van der Waals surface area contributed by atoms with Crippen molar-refractivity contribution in [3.05, 3.63) is 70.8 Å². The number of ether oxygens (including phenoxy) is 1. The van der Waals surface area contributed by atoms with Gasteiger partial charge in [0.25, 0.3) is 0 Å². The average Bonchev–Trinajstić information content (AvgIpc) is 2.59. The van der Waals surface area contributed by atoms with E-state index in [1.54, 1.807) is 0 Å². The van der Waals surface area contributed by atoms with Crippen LogP contribution in [0.4, 0.5) is 4.79 Å². The first-order valence-electron chi connectivity index (χ1n) is 7.33. The molecule has 0 heterocycles. The van der Waals surface area contributed by atoms with Gasteiger partial charge in [0.05, 0.1) is 13.2 Å². The molecule has 118 valence electrons. The summed E-state index contributed by atoms with van der Waals surface area (Å²) in [5.41, 5.74) is 3.62. The highest BCUT2D eigenvalue weighted by atomic mass is 16.5. The summed E-state index contributed by atoms with van der Waals surface area (Å²) in [7, 11) is 0. The third kappa shape index (κ3) is 5.50. The molecule has 0 bridgehead atoms. The lowest BCUT2D eigenvalue weighted by Gasteiger charge is -2.04. The molecule has 0 saturated carbocycles. The molecule has 23 heavy (non-hydrogen) atoms. The normalized spacial score (nSPS) is 9.65. The Bertz CT molecular complexity index is 714. The molecule has 0 aromatic heterocycles. The minimum Gasteiger partial charge on any atom is -0.445 e. The molecule has 0 atom stereocenters. The van der Waals surface area contributed by atoms with Crippen molar-refractivity contribution < 1.29 is 14.6 Å². The fourth-order valence-corrected chi connectivity index (χ4v) is 1.96. The summed E-state index contributed by atoms with van der Waals surface area (Å²) in [6.07, 6.45) is -0.497. The number of carbonyl (C=O) groups excluding carboxylic acids is 1. The standard InChI is InChI=1S/C19H19NO3/c1-15-9-10-16(12-18(15)13-21)8-5-11-20-19(22)23-14-17-6-3-2-4-7-17/h2-4,6-7,9-10,12,21H,11,13-14H2,1H3,(H,20,22). The maximum Gasteiger partial charge on any atom is 0.408 e. The number of aliphatic hydroxyl groups is 1. The van der Waals surface area contributed by atoms with E-state index in [1.807, 2.05) is 55.5 Å². The maximum atomic E-state index is 11.5. The average molecular weight is 309 g/mol. The number of nitrogens with one attached hydrogen (secondary N) is 1. The lowest BCUT2D eigenvalue weighted by atomic mass is 10.1. The van der Waals surface area contributed by atoms with Gasteiger partial charge in [0, 0.05) is 5.56 Å². The Labute approximate surface area is 136 Å². The number of aliphatic hydroxyl groups excluding tert-OH is 1. The Hall–Kier alpha value is -2.77. The Balaban J connectivity index is 1.77. The summed E-state index contributed by atoms with van der Waals surface area (Å²) in [5, 5.41) is 11.8. The molecule has 4 heteroatoms. The Morgan fingerprint density at radius 2 is 2.00 bits per heavy atom. The van der Waals surface area contributed by atoms with Crippen LogP contribution in [0.3, 0.4) is 0 Å². The van der Waals surface area contributed by atoms with E-state index >= 15 is 0 Å². The molecule has 4 nitrogen and oxygen atoms in total. The van der Waals surface area contributed by atoms with Gasteiger partial charge in [-0.1, -0.05) is 48.2 Å².